The van der Waals surface area contributed by atoms with Crippen molar-refractivity contribution in [1.29, 1.82) is 0 Å². The van der Waals surface area contributed by atoms with Gasteiger partial charge in [0.15, 0.2) is 0 Å². The monoisotopic (exact) mass is 388 g/mol. The van der Waals surface area contributed by atoms with E-state index in [9.17, 15) is 35.2 Å². The molecule has 0 heterocycles. The van der Waals surface area contributed by atoms with Crippen molar-refractivity contribution >= 4 is 6.29 Å². The number of hydrogen-bond acceptors (Lipinski definition) is 7. The normalized spacial score (nSPS) is 16.0. The summed E-state index contributed by atoms with van der Waals surface area (Å²) >= 11 is 0. The first-order valence-electron chi connectivity index (χ1n) is 9.56. The molecule has 0 amide bonds. The lowest BCUT2D eigenvalue weighted by atomic mass is 9.95. The third-order valence-electron chi connectivity index (χ3n) is 4.50. The van der Waals surface area contributed by atoms with Gasteiger partial charge in [-0.25, -0.2) is 0 Å². The van der Waals surface area contributed by atoms with Gasteiger partial charge in [-0.15, -0.1) is 0 Å². The fourth-order valence-electron chi connectivity index (χ4n) is 2.83. The Bertz CT molecular complexity index is 471. The summed E-state index contributed by atoms with van der Waals surface area (Å²) in [6.45, 7) is 2.08. The fourth-order valence-corrected chi connectivity index (χ4v) is 2.83. The van der Waals surface area contributed by atoms with Crippen LogP contribution in [-0.4, -0.2) is 50.6 Å². The molecule has 0 spiro atoms. The Morgan fingerprint density at radius 1 is 0.889 bits per heavy atom. The zero-order valence-electron chi connectivity index (χ0n) is 15.9. The lowest BCUT2D eigenvalue weighted by Crippen LogP contribution is -2.42. The van der Waals surface area contributed by atoms with Crippen LogP contribution in [0.2, 0.25) is 0 Å². The van der Waals surface area contributed by atoms with Gasteiger partial charge in [-0.1, -0.05) is 31.9 Å². The quantitative estimate of drug-likeness (QED) is 0.128. The third kappa shape index (κ3) is 11.4. The van der Waals surface area contributed by atoms with Gasteiger partial charge in [-0.05, 0) is 32.1 Å². The number of nitro groups is 2. The topological polar surface area (TPSA) is 144 Å². The summed E-state index contributed by atoms with van der Waals surface area (Å²) in [5, 5.41) is 42.6. The zero-order chi connectivity index (χ0) is 20.7. The van der Waals surface area contributed by atoms with Gasteiger partial charge in [-0.2, -0.15) is 0 Å². The molecule has 0 aliphatic carbocycles. The summed E-state index contributed by atoms with van der Waals surface area (Å²) in [5.41, 5.74) is 0. The Balaban J connectivity index is 4.66. The SMILES string of the molecule is CCCCC/C=C/CC(O)C(CC(O)C(CCCCC=O)[N+](=O)[O-])[N+](=O)[O-]. The summed E-state index contributed by atoms with van der Waals surface area (Å²) < 4.78 is 0. The summed E-state index contributed by atoms with van der Waals surface area (Å²) in [5.74, 6) is 0. The van der Waals surface area contributed by atoms with Crippen molar-refractivity contribution < 1.29 is 24.9 Å². The first kappa shape index (κ1) is 25.1. The molecule has 0 saturated carbocycles. The molecule has 0 aromatic rings. The number of carbonyl (C=O) groups is 1. The highest BCUT2D eigenvalue weighted by Gasteiger charge is 2.38. The Labute approximate surface area is 159 Å². The Kier molecular flexibility index (Phi) is 14.2. The second kappa shape index (κ2) is 15.2. The van der Waals surface area contributed by atoms with Crippen molar-refractivity contribution in [2.24, 2.45) is 0 Å². The van der Waals surface area contributed by atoms with Crippen LogP contribution in [0.1, 0.15) is 71.1 Å². The van der Waals surface area contributed by atoms with Crippen LogP contribution in [0.3, 0.4) is 0 Å². The van der Waals surface area contributed by atoms with Crippen molar-refractivity contribution in [2.75, 3.05) is 0 Å². The van der Waals surface area contributed by atoms with Gasteiger partial charge >= 0.3 is 0 Å². The molecule has 0 aliphatic rings. The average Bonchev–Trinajstić information content (AvgIpc) is 2.61. The van der Waals surface area contributed by atoms with Gasteiger partial charge in [0.1, 0.15) is 18.5 Å². The van der Waals surface area contributed by atoms with Crippen molar-refractivity contribution in [3.8, 4) is 0 Å². The molecule has 0 fully saturated rings. The molecule has 0 aliphatic heterocycles. The van der Waals surface area contributed by atoms with Gasteiger partial charge in [0.25, 0.3) is 0 Å². The molecule has 156 valence electrons. The minimum Gasteiger partial charge on any atom is -0.386 e. The number of hydrogen-bond donors (Lipinski definition) is 2. The standard InChI is InChI=1S/C18H32N2O7/c1-2-3-4-5-6-9-12-17(22)16(20(26)27)14-18(23)15(19(24)25)11-8-7-10-13-21/h6,9,13,15-18,22-23H,2-5,7-8,10-12,14H2,1H3/b9-6+. The molecule has 4 unspecified atom stereocenters. The lowest BCUT2D eigenvalue weighted by Gasteiger charge is -2.20. The van der Waals surface area contributed by atoms with Crippen molar-refractivity contribution in [3.05, 3.63) is 32.4 Å². The van der Waals surface area contributed by atoms with Gasteiger partial charge in [0, 0.05) is 22.7 Å². The maximum absolute atomic E-state index is 11.2. The number of allylic oxidation sites excluding steroid dienone is 1. The molecule has 9 heteroatoms. The van der Waals surface area contributed by atoms with E-state index in [1.807, 2.05) is 6.08 Å². The Morgan fingerprint density at radius 2 is 1.52 bits per heavy atom. The molecule has 0 radical (unpaired) electrons. The number of rotatable bonds is 17. The van der Waals surface area contributed by atoms with Crippen molar-refractivity contribution in [3.63, 3.8) is 0 Å². The molecular weight excluding hydrogens is 356 g/mol. The number of aliphatic hydroxyl groups is 2. The number of nitrogens with zero attached hydrogens (tertiary/aromatic N) is 2. The highest BCUT2D eigenvalue weighted by Crippen LogP contribution is 2.18. The molecule has 0 saturated heterocycles. The van der Waals surface area contributed by atoms with E-state index >= 15 is 0 Å². The maximum Gasteiger partial charge on any atom is 0.241 e. The van der Waals surface area contributed by atoms with Gasteiger partial charge in [-0.3, -0.25) is 20.2 Å². The molecule has 9 nitrogen and oxygen atoms in total. The van der Waals surface area contributed by atoms with Crippen LogP contribution in [0.25, 0.3) is 0 Å². The largest absolute Gasteiger partial charge is 0.386 e. The lowest BCUT2D eigenvalue weighted by molar-refractivity contribution is -0.554. The summed E-state index contributed by atoms with van der Waals surface area (Å²) in [6.07, 6.45) is 6.12. The summed E-state index contributed by atoms with van der Waals surface area (Å²) in [4.78, 5) is 31.3. The van der Waals surface area contributed by atoms with Crippen LogP contribution in [-0.2, 0) is 4.79 Å². The first-order chi connectivity index (χ1) is 12.8. The van der Waals surface area contributed by atoms with E-state index < -0.39 is 40.6 Å². The van der Waals surface area contributed by atoms with E-state index in [-0.39, 0.29) is 19.3 Å². The smallest absolute Gasteiger partial charge is 0.241 e. The predicted octanol–water partition coefficient (Wildman–Crippen LogP) is 2.67. The first-order valence-corrected chi connectivity index (χ1v) is 9.56. The summed E-state index contributed by atoms with van der Waals surface area (Å²) in [6, 6.07) is -2.83. The van der Waals surface area contributed by atoms with Crippen LogP contribution < -0.4 is 0 Å². The second-order valence-corrected chi connectivity index (χ2v) is 6.73. The van der Waals surface area contributed by atoms with Gasteiger partial charge < -0.3 is 15.0 Å². The Hall–Kier alpha value is -1.87. The molecule has 2 N–H and O–H groups in total. The van der Waals surface area contributed by atoms with Crippen LogP contribution in [0.15, 0.2) is 12.2 Å². The third-order valence-corrected chi connectivity index (χ3v) is 4.50. The second-order valence-electron chi connectivity index (χ2n) is 6.73. The van der Waals surface area contributed by atoms with E-state index in [1.54, 1.807) is 6.08 Å². The van der Waals surface area contributed by atoms with E-state index in [0.29, 0.717) is 19.1 Å². The van der Waals surface area contributed by atoms with E-state index in [1.165, 1.54) is 0 Å². The number of carbonyl (C=O) groups excluding carboxylic acids is 1. The molecule has 0 aromatic carbocycles. The fraction of sp³-hybridized carbons (Fsp3) is 0.833. The number of aldehydes is 1. The summed E-state index contributed by atoms with van der Waals surface area (Å²) in [7, 11) is 0. The highest BCUT2D eigenvalue weighted by atomic mass is 16.6. The van der Waals surface area contributed by atoms with Crippen LogP contribution in [0.5, 0.6) is 0 Å². The maximum atomic E-state index is 11.2. The molecular formula is C18H32N2O7. The predicted molar refractivity (Wildman–Crippen MR) is 101 cm³/mol. The highest BCUT2D eigenvalue weighted by molar-refractivity contribution is 5.48. The van der Waals surface area contributed by atoms with E-state index in [4.69, 9.17) is 0 Å². The zero-order valence-corrected chi connectivity index (χ0v) is 15.9. The number of unbranched alkanes of at least 4 members (excludes halogenated alkanes) is 5. The molecule has 0 bridgehead atoms. The van der Waals surface area contributed by atoms with Crippen LogP contribution >= 0.6 is 0 Å². The van der Waals surface area contributed by atoms with Crippen LogP contribution in [0, 0.1) is 20.2 Å². The number of aliphatic hydroxyl groups excluding tert-OH is 2. The Morgan fingerprint density at radius 3 is 2.07 bits per heavy atom. The van der Waals surface area contributed by atoms with Crippen molar-refractivity contribution in [2.45, 2.75) is 95.4 Å². The molecule has 0 rings (SSSR count). The van der Waals surface area contributed by atoms with Gasteiger partial charge in [0.2, 0.25) is 12.1 Å². The molecule has 4 atom stereocenters. The van der Waals surface area contributed by atoms with E-state index in [0.717, 1.165) is 25.7 Å². The van der Waals surface area contributed by atoms with Crippen LogP contribution in [0.4, 0.5) is 0 Å². The minimum atomic E-state index is -1.53. The molecule has 27 heavy (non-hydrogen) atoms. The molecule has 0 aromatic heterocycles. The van der Waals surface area contributed by atoms with Gasteiger partial charge in [0.05, 0.1) is 6.42 Å². The minimum absolute atomic E-state index is 0.0276. The van der Waals surface area contributed by atoms with Crippen molar-refractivity contribution in [1.82, 2.24) is 0 Å². The van der Waals surface area contributed by atoms with E-state index in [2.05, 4.69) is 6.92 Å². The average molecular weight is 388 g/mol.